The summed E-state index contributed by atoms with van der Waals surface area (Å²) >= 11 is 0. The minimum Gasteiger partial charge on any atom is -0.352 e. The number of carbonyl (C=O) groups excluding carboxylic acids is 1. The fourth-order valence-electron chi connectivity index (χ4n) is 6.15. The summed E-state index contributed by atoms with van der Waals surface area (Å²) in [5.74, 6) is 0.553. The van der Waals surface area contributed by atoms with Gasteiger partial charge in [-0.3, -0.25) is 4.79 Å². The van der Waals surface area contributed by atoms with Crippen molar-refractivity contribution in [2.45, 2.75) is 69.4 Å². The highest BCUT2D eigenvalue weighted by molar-refractivity contribution is 7.90. The number of nitrogens with one attached hydrogen (secondary N) is 1. The van der Waals surface area contributed by atoms with E-state index in [0.717, 1.165) is 48.7 Å². The van der Waals surface area contributed by atoms with E-state index in [0.29, 0.717) is 17.4 Å². The smallest absolute Gasteiger partial charge is 0.223 e. The fraction of sp³-hybridized carbons (Fsp3) is 0.394. The predicted molar refractivity (Wildman–Crippen MR) is 161 cm³/mol. The Morgan fingerprint density at radius 1 is 1.00 bits per heavy atom. The Bertz CT molecular complexity index is 1540. The van der Waals surface area contributed by atoms with E-state index in [-0.39, 0.29) is 17.9 Å². The first-order chi connectivity index (χ1) is 19.3. The molecule has 0 bridgehead atoms. The number of sulfone groups is 1. The topological polar surface area (TPSA) is 81.1 Å². The Kier molecular flexibility index (Phi) is 8.69. The molecule has 2 aromatic heterocycles. The number of hydrogen-bond donors (Lipinski definition) is 1. The minimum atomic E-state index is -3.23. The third-order valence-corrected chi connectivity index (χ3v) is 9.54. The van der Waals surface area contributed by atoms with Gasteiger partial charge in [-0.2, -0.15) is 0 Å². The molecule has 2 atom stereocenters. The first kappa shape index (κ1) is 28.1. The molecular formula is C33H39N3O3S. The second-order valence-electron chi connectivity index (χ2n) is 11.3. The molecule has 0 saturated heterocycles. The second kappa shape index (κ2) is 12.4. The van der Waals surface area contributed by atoms with Gasteiger partial charge in [-0.25, -0.2) is 13.4 Å². The number of nitrogens with zero attached hydrogens (tertiary/aromatic N) is 2. The number of pyridine rings is 1. The van der Waals surface area contributed by atoms with Crippen molar-refractivity contribution in [2.75, 3.05) is 6.26 Å². The van der Waals surface area contributed by atoms with Gasteiger partial charge in [-0.05, 0) is 73.9 Å². The van der Waals surface area contributed by atoms with Crippen LogP contribution < -0.4 is 5.32 Å². The number of rotatable bonds is 11. The van der Waals surface area contributed by atoms with E-state index >= 15 is 0 Å². The molecule has 2 aromatic carbocycles. The molecule has 1 aliphatic rings. The summed E-state index contributed by atoms with van der Waals surface area (Å²) in [4.78, 5) is 18.4. The maximum Gasteiger partial charge on any atom is 0.223 e. The van der Waals surface area contributed by atoms with Crippen molar-refractivity contribution in [3.8, 4) is 11.1 Å². The van der Waals surface area contributed by atoms with E-state index in [1.807, 2.05) is 18.3 Å². The molecule has 1 fully saturated rings. The summed E-state index contributed by atoms with van der Waals surface area (Å²) in [5, 5.41) is 4.31. The number of benzene rings is 2. The van der Waals surface area contributed by atoms with Crippen molar-refractivity contribution in [3.63, 3.8) is 0 Å². The van der Waals surface area contributed by atoms with Crippen LogP contribution in [0.1, 0.15) is 63.5 Å². The van der Waals surface area contributed by atoms with Gasteiger partial charge in [-0.1, -0.05) is 61.7 Å². The number of amides is 1. The normalized spacial score (nSPS) is 15.8. The average molecular weight is 558 g/mol. The quantitative estimate of drug-likeness (QED) is 0.216. The molecule has 4 aromatic rings. The maximum absolute atomic E-state index is 13.4. The lowest BCUT2D eigenvalue weighted by molar-refractivity contribution is -0.127. The Morgan fingerprint density at radius 2 is 1.73 bits per heavy atom. The van der Waals surface area contributed by atoms with E-state index in [1.165, 1.54) is 30.2 Å². The van der Waals surface area contributed by atoms with Crippen molar-refractivity contribution in [2.24, 2.45) is 11.8 Å². The van der Waals surface area contributed by atoms with E-state index in [4.69, 9.17) is 4.98 Å². The molecule has 1 N–H and O–H groups in total. The molecule has 5 rings (SSSR count). The van der Waals surface area contributed by atoms with Crippen LogP contribution in [0.5, 0.6) is 0 Å². The predicted octanol–water partition coefficient (Wildman–Crippen LogP) is 6.96. The van der Waals surface area contributed by atoms with Crippen LogP contribution in [0.3, 0.4) is 0 Å². The van der Waals surface area contributed by atoms with Gasteiger partial charge in [0.15, 0.2) is 9.84 Å². The van der Waals surface area contributed by atoms with Gasteiger partial charge in [0, 0.05) is 48.1 Å². The SMILES string of the molecule is CC(CCCC(C(=O)NCc1ccc(S(C)(=O)=O)cc1)C1CCCC1)n1cc(-c2ccccc2)c2cccnc21. The van der Waals surface area contributed by atoms with Crippen LogP contribution >= 0.6 is 0 Å². The van der Waals surface area contributed by atoms with Crippen molar-refractivity contribution in [1.82, 2.24) is 14.9 Å². The molecule has 6 nitrogen and oxygen atoms in total. The molecule has 2 unspecified atom stereocenters. The molecule has 1 saturated carbocycles. The lowest BCUT2D eigenvalue weighted by Crippen LogP contribution is -2.34. The summed E-state index contributed by atoms with van der Waals surface area (Å²) in [5.41, 5.74) is 4.29. The van der Waals surface area contributed by atoms with Crippen molar-refractivity contribution in [3.05, 3.63) is 84.7 Å². The van der Waals surface area contributed by atoms with Crippen LogP contribution in [0.4, 0.5) is 0 Å². The molecule has 210 valence electrons. The highest BCUT2D eigenvalue weighted by Gasteiger charge is 2.30. The molecule has 7 heteroatoms. The third-order valence-electron chi connectivity index (χ3n) is 8.41. The molecule has 40 heavy (non-hydrogen) atoms. The number of fused-ring (bicyclic) bond motifs is 1. The van der Waals surface area contributed by atoms with Gasteiger partial charge in [0.05, 0.1) is 4.90 Å². The molecule has 0 radical (unpaired) electrons. The highest BCUT2D eigenvalue weighted by atomic mass is 32.2. The summed E-state index contributed by atoms with van der Waals surface area (Å²) in [6.45, 7) is 2.65. The van der Waals surface area contributed by atoms with Crippen LogP contribution in [-0.2, 0) is 21.2 Å². The van der Waals surface area contributed by atoms with Crippen molar-refractivity contribution in [1.29, 1.82) is 0 Å². The Hall–Kier alpha value is -3.45. The molecule has 1 amide bonds. The van der Waals surface area contributed by atoms with Crippen molar-refractivity contribution < 1.29 is 13.2 Å². The number of hydrogen-bond acceptors (Lipinski definition) is 4. The van der Waals surface area contributed by atoms with Gasteiger partial charge < -0.3 is 9.88 Å². The maximum atomic E-state index is 13.4. The van der Waals surface area contributed by atoms with Crippen LogP contribution in [-0.4, -0.2) is 30.1 Å². The number of aromatic nitrogens is 2. The Balaban J connectivity index is 1.23. The monoisotopic (exact) mass is 557 g/mol. The first-order valence-electron chi connectivity index (χ1n) is 14.4. The average Bonchev–Trinajstić information content (AvgIpc) is 3.63. The van der Waals surface area contributed by atoms with Crippen LogP contribution in [0.2, 0.25) is 0 Å². The molecule has 1 aliphatic carbocycles. The zero-order chi connectivity index (χ0) is 28.1. The van der Waals surface area contributed by atoms with E-state index < -0.39 is 9.84 Å². The summed E-state index contributed by atoms with van der Waals surface area (Å²) < 4.78 is 25.8. The van der Waals surface area contributed by atoms with Crippen molar-refractivity contribution >= 4 is 26.8 Å². The van der Waals surface area contributed by atoms with E-state index in [1.54, 1.807) is 24.3 Å². The first-order valence-corrected chi connectivity index (χ1v) is 16.3. The lowest BCUT2D eigenvalue weighted by Gasteiger charge is -2.24. The van der Waals surface area contributed by atoms with Gasteiger partial charge >= 0.3 is 0 Å². The summed E-state index contributed by atoms with van der Waals surface area (Å²) in [7, 11) is -3.23. The minimum absolute atomic E-state index is 0.00408. The van der Waals surface area contributed by atoms with E-state index in [9.17, 15) is 13.2 Å². The Labute approximate surface area is 237 Å². The molecule has 2 heterocycles. The van der Waals surface area contributed by atoms with Crippen LogP contribution in [0.25, 0.3) is 22.2 Å². The fourth-order valence-corrected chi connectivity index (χ4v) is 6.78. The zero-order valence-electron chi connectivity index (χ0n) is 23.4. The van der Waals surface area contributed by atoms with Gasteiger partial charge in [0.1, 0.15) is 5.65 Å². The van der Waals surface area contributed by atoms with Gasteiger partial charge in [-0.15, -0.1) is 0 Å². The van der Waals surface area contributed by atoms with Gasteiger partial charge in [0.25, 0.3) is 0 Å². The Morgan fingerprint density at radius 3 is 2.42 bits per heavy atom. The van der Waals surface area contributed by atoms with Crippen LogP contribution in [0.15, 0.2) is 84.0 Å². The van der Waals surface area contributed by atoms with Crippen LogP contribution in [0, 0.1) is 11.8 Å². The van der Waals surface area contributed by atoms with Gasteiger partial charge in [0.2, 0.25) is 5.91 Å². The number of carbonyl (C=O) groups is 1. The zero-order valence-corrected chi connectivity index (χ0v) is 24.2. The standard InChI is InChI=1S/C33H39N3O3S/c1-24(36-23-31(27-11-4-3-5-12-27)30-16-9-21-34-32(30)36)10-8-15-29(26-13-6-7-14-26)33(37)35-22-25-17-19-28(20-18-25)40(2,38)39/h3-5,9,11-12,16-21,23-24,26,29H,6-8,10,13-15,22H2,1-2H3,(H,35,37). The lowest BCUT2D eigenvalue weighted by atomic mass is 9.85. The largest absolute Gasteiger partial charge is 0.352 e. The third kappa shape index (κ3) is 6.47. The molecular weight excluding hydrogens is 518 g/mol. The second-order valence-corrected chi connectivity index (χ2v) is 13.3. The van der Waals surface area contributed by atoms with E-state index in [2.05, 4.69) is 53.3 Å². The summed E-state index contributed by atoms with van der Waals surface area (Å²) in [6.07, 6.45) is 12.7. The molecule has 0 aliphatic heterocycles. The molecule has 0 spiro atoms. The summed E-state index contributed by atoms with van der Waals surface area (Å²) in [6, 6.07) is 21.6. The highest BCUT2D eigenvalue weighted by Crippen LogP contribution is 2.36.